The summed E-state index contributed by atoms with van der Waals surface area (Å²) in [5.74, 6) is -0.199. The summed E-state index contributed by atoms with van der Waals surface area (Å²) in [6, 6.07) is 0.161. The van der Waals surface area contributed by atoms with Crippen LogP contribution in [0.25, 0.3) is 0 Å². The maximum absolute atomic E-state index is 12.0. The summed E-state index contributed by atoms with van der Waals surface area (Å²) in [6.07, 6.45) is 0. The fraction of sp³-hybridized carbons (Fsp3) is 0.538. The van der Waals surface area contributed by atoms with Crippen LogP contribution in [0.3, 0.4) is 0 Å². The summed E-state index contributed by atoms with van der Waals surface area (Å²) >= 11 is 1.20. The van der Waals surface area contributed by atoms with Gasteiger partial charge in [-0.1, -0.05) is 13.8 Å². The van der Waals surface area contributed by atoms with Gasteiger partial charge in [0.2, 0.25) is 0 Å². The van der Waals surface area contributed by atoms with Crippen LogP contribution in [0.5, 0.6) is 0 Å². The predicted octanol–water partition coefficient (Wildman–Crippen LogP) is 1.51. The van der Waals surface area contributed by atoms with Gasteiger partial charge < -0.3 is 21.7 Å². The lowest BCUT2D eigenvalue weighted by molar-refractivity contribution is 0.0963. The first-order valence-electron chi connectivity index (χ1n) is 6.46. The number of hydrogen-bond donors (Lipinski definition) is 4. The fourth-order valence-corrected chi connectivity index (χ4v) is 2.71. The van der Waals surface area contributed by atoms with Gasteiger partial charge in [-0.2, -0.15) is 0 Å². The van der Waals surface area contributed by atoms with E-state index >= 15 is 0 Å². The number of nitrogens with two attached hydrogens (primary N) is 1. The lowest BCUT2D eigenvalue weighted by Gasteiger charge is -2.18. The monoisotopic (exact) mass is 298 g/mol. The second kappa shape index (κ2) is 6.60. The van der Waals surface area contributed by atoms with Gasteiger partial charge in [-0.25, -0.2) is 0 Å². The first-order chi connectivity index (χ1) is 9.33. The van der Waals surface area contributed by atoms with Crippen molar-refractivity contribution >= 4 is 33.8 Å². The zero-order valence-corrected chi connectivity index (χ0v) is 13.3. The average molecular weight is 298 g/mol. The summed E-state index contributed by atoms with van der Waals surface area (Å²) in [5, 5.41) is 8.97. The standard InChI is InChI=1S/C13H22N4O2S/c1-6(2)7(3)17-13-8(11(18)15-4)9(14)10(20-13)12(19)16-5/h6-7,17H,14H2,1-5H3,(H,15,18)(H,16,19). The third-order valence-electron chi connectivity index (χ3n) is 3.19. The molecule has 1 heterocycles. The molecular formula is C13H22N4O2S. The van der Waals surface area contributed by atoms with Crippen molar-refractivity contribution in [3.8, 4) is 0 Å². The van der Waals surface area contributed by atoms with E-state index in [2.05, 4.69) is 29.8 Å². The van der Waals surface area contributed by atoms with Crippen LogP contribution >= 0.6 is 11.3 Å². The van der Waals surface area contributed by atoms with Crippen molar-refractivity contribution in [1.29, 1.82) is 0 Å². The Bertz CT molecular complexity index is 511. The minimum Gasteiger partial charge on any atom is -0.397 e. The molecule has 0 fully saturated rings. The highest BCUT2D eigenvalue weighted by atomic mass is 32.1. The van der Waals surface area contributed by atoms with Crippen LogP contribution in [0, 0.1) is 5.92 Å². The van der Waals surface area contributed by atoms with Gasteiger partial charge in [-0.15, -0.1) is 11.3 Å². The van der Waals surface area contributed by atoms with E-state index in [1.165, 1.54) is 25.4 Å². The van der Waals surface area contributed by atoms with Crippen molar-refractivity contribution < 1.29 is 9.59 Å². The minimum absolute atomic E-state index is 0.161. The molecule has 1 aromatic heterocycles. The summed E-state index contributed by atoms with van der Waals surface area (Å²) < 4.78 is 0. The summed E-state index contributed by atoms with van der Waals surface area (Å²) in [5.41, 5.74) is 6.51. The Morgan fingerprint density at radius 3 is 2.10 bits per heavy atom. The molecule has 6 nitrogen and oxygen atoms in total. The molecule has 5 N–H and O–H groups in total. The Morgan fingerprint density at radius 1 is 1.10 bits per heavy atom. The lowest BCUT2D eigenvalue weighted by Crippen LogP contribution is -2.25. The van der Waals surface area contributed by atoms with Crippen LogP contribution in [0.1, 0.15) is 40.8 Å². The minimum atomic E-state index is -0.299. The summed E-state index contributed by atoms with van der Waals surface area (Å²) in [4.78, 5) is 24.1. The molecular weight excluding hydrogens is 276 g/mol. The first-order valence-corrected chi connectivity index (χ1v) is 7.28. The Kier molecular flexibility index (Phi) is 5.38. The van der Waals surface area contributed by atoms with E-state index < -0.39 is 0 Å². The summed E-state index contributed by atoms with van der Waals surface area (Å²) in [6.45, 7) is 6.18. The average Bonchev–Trinajstić information content (AvgIpc) is 2.73. The fourth-order valence-electron chi connectivity index (χ4n) is 1.55. The maximum Gasteiger partial charge on any atom is 0.263 e. The molecule has 0 aliphatic rings. The van der Waals surface area contributed by atoms with E-state index in [-0.39, 0.29) is 23.5 Å². The molecule has 1 aromatic rings. The van der Waals surface area contributed by atoms with Crippen LogP contribution in [0.2, 0.25) is 0 Å². The van der Waals surface area contributed by atoms with Crippen LogP contribution in [0.4, 0.5) is 10.7 Å². The molecule has 112 valence electrons. The van der Waals surface area contributed by atoms with Crippen LogP contribution < -0.4 is 21.7 Å². The van der Waals surface area contributed by atoms with Gasteiger partial charge in [0.05, 0.1) is 11.3 Å². The van der Waals surface area contributed by atoms with Gasteiger partial charge in [0.1, 0.15) is 9.88 Å². The molecule has 2 amide bonds. The molecule has 0 saturated carbocycles. The number of nitrogens with one attached hydrogen (secondary N) is 3. The van der Waals surface area contributed by atoms with Gasteiger partial charge in [-0.3, -0.25) is 9.59 Å². The normalized spacial score (nSPS) is 12.1. The molecule has 0 saturated heterocycles. The number of carbonyl (C=O) groups is 2. The van der Waals surface area contributed by atoms with Gasteiger partial charge in [0.15, 0.2) is 0 Å². The second-order valence-corrected chi connectivity index (χ2v) is 5.90. The van der Waals surface area contributed by atoms with Gasteiger partial charge in [0, 0.05) is 20.1 Å². The van der Waals surface area contributed by atoms with E-state index in [1.54, 1.807) is 0 Å². The van der Waals surface area contributed by atoms with E-state index in [4.69, 9.17) is 5.73 Å². The van der Waals surface area contributed by atoms with E-state index in [1.807, 2.05) is 6.92 Å². The SMILES string of the molecule is CNC(=O)c1sc(NC(C)C(C)C)c(C(=O)NC)c1N. The molecule has 0 aromatic carbocycles. The van der Waals surface area contributed by atoms with Crippen LogP contribution in [-0.2, 0) is 0 Å². The predicted molar refractivity (Wildman–Crippen MR) is 83.4 cm³/mol. The second-order valence-electron chi connectivity index (χ2n) is 4.88. The number of nitrogen functional groups attached to an aromatic ring is 1. The van der Waals surface area contributed by atoms with Crippen molar-refractivity contribution in [2.75, 3.05) is 25.1 Å². The number of hydrogen-bond acceptors (Lipinski definition) is 5. The highest BCUT2D eigenvalue weighted by molar-refractivity contribution is 7.19. The Hall–Kier alpha value is -1.76. The molecule has 7 heteroatoms. The lowest BCUT2D eigenvalue weighted by atomic mass is 10.1. The van der Waals surface area contributed by atoms with Crippen LogP contribution in [0.15, 0.2) is 0 Å². The van der Waals surface area contributed by atoms with Gasteiger partial charge in [-0.05, 0) is 12.8 Å². The maximum atomic E-state index is 12.0. The van der Waals surface area contributed by atoms with Gasteiger partial charge >= 0.3 is 0 Å². The largest absolute Gasteiger partial charge is 0.397 e. The zero-order chi connectivity index (χ0) is 15.4. The Balaban J connectivity index is 3.27. The number of thiophene rings is 1. The van der Waals surface area contributed by atoms with Crippen molar-refractivity contribution in [1.82, 2.24) is 10.6 Å². The molecule has 1 atom stereocenters. The number of carbonyl (C=O) groups excluding carboxylic acids is 2. The number of rotatable bonds is 5. The molecule has 0 spiro atoms. The Morgan fingerprint density at radius 2 is 1.65 bits per heavy atom. The van der Waals surface area contributed by atoms with Crippen molar-refractivity contribution in [3.05, 3.63) is 10.4 Å². The Labute approximate surface area is 123 Å². The van der Waals surface area contributed by atoms with Gasteiger partial charge in [0.25, 0.3) is 11.8 Å². The van der Waals surface area contributed by atoms with Crippen molar-refractivity contribution in [2.45, 2.75) is 26.8 Å². The van der Waals surface area contributed by atoms with E-state index in [0.29, 0.717) is 21.4 Å². The molecule has 0 aliphatic carbocycles. The van der Waals surface area contributed by atoms with E-state index in [9.17, 15) is 9.59 Å². The zero-order valence-electron chi connectivity index (χ0n) is 12.5. The van der Waals surface area contributed by atoms with Crippen molar-refractivity contribution in [3.63, 3.8) is 0 Å². The highest BCUT2D eigenvalue weighted by Gasteiger charge is 2.25. The highest BCUT2D eigenvalue weighted by Crippen LogP contribution is 2.36. The number of amides is 2. The molecule has 0 bridgehead atoms. The smallest absolute Gasteiger partial charge is 0.263 e. The summed E-state index contributed by atoms with van der Waals surface area (Å²) in [7, 11) is 3.07. The topological polar surface area (TPSA) is 96.2 Å². The molecule has 0 aliphatic heterocycles. The first kappa shape index (κ1) is 16.3. The number of anilines is 2. The third kappa shape index (κ3) is 3.22. The van der Waals surface area contributed by atoms with Crippen molar-refractivity contribution in [2.24, 2.45) is 5.92 Å². The molecule has 1 rings (SSSR count). The van der Waals surface area contributed by atoms with E-state index in [0.717, 1.165) is 0 Å². The molecule has 0 radical (unpaired) electrons. The molecule has 20 heavy (non-hydrogen) atoms. The quantitative estimate of drug-likeness (QED) is 0.662. The molecule has 1 unspecified atom stereocenters. The third-order valence-corrected chi connectivity index (χ3v) is 4.33. The van der Waals surface area contributed by atoms with Crippen LogP contribution in [-0.4, -0.2) is 32.0 Å².